The highest BCUT2D eigenvalue weighted by Crippen LogP contribution is 2.49. The van der Waals surface area contributed by atoms with Crippen LogP contribution in [-0.4, -0.2) is 96.0 Å². The monoisotopic (exact) mass is 785 g/mol. The first kappa shape index (κ1) is 38.5. The molecule has 5 atom stereocenters. The third-order valence-corrected chi connectivity index (χ3v) is 14.6. The van der Waals surface area contributed by atoms with Gasteiger partial charge in [0, 0.05) is 29.0 Å². The van der Waals surface area contributed by atoms with E-state index in [1.807, 2.05) is 25.1 Å². The van der Waals surface area contributed by atoms with Crippen LogP contribution in [0.15, 0.2) is 35.2 Å². The fourth-order valence-electron chi connectivity index (χ4n) is 7.86. The molecule has 1 saturated heterocycles. The molecule has 3 saturated carbocycles. The Morgan fingerprint density at radius 2 is 1.85 bits per heavy atom. The van der Waals surface area contributed by atoms with E-state index >= 15 is 0 Å². The molecule has 1 aromatic carbocycles. The van der Waals surface area contributed by atoms with Crippen molar-refractivity contribution in [1.82, 2.24) is 25.2 Å². The number of hydrogen-bond acceptors (Lipinski definition) is 10. The Hall–Kier alpha value is -3.79. The topological polar surface area (TPSA) is 181 Å². The molecule has 54 heavy (non-hydrogen) atoms. The molecule has 3 heterocycles. The number of ether oxygens (including phenoxy) is 2. The molecule has 6 aliphatic rings. The van der Waals surface area contributed by atoms with E-state index < -0.39 is 74.3 Å². The molecule has 5 amide bonds. The lowest BCUT2D eigenvalue weighted by molar-refractivity contribution is -0.143. The van der Waals surface area contributed by atoms with Crippen LogP contribution in [0.3, 0.4) is 0 Å². The van der Waals surface area contributed by atoms with E-state index in [2.05, 4.69) is 27.5 Å². The predicted octanol–water partition coefficient (Wildman–Crippen LogP) is 3.97. The van der Waals surface area contributed by atoms with Crippen molar-refractivity contribution in [2.24, 2.45) is 16.7 Å². The average Bonchev–Trinajstić information content (AvgIpc) is 4.07. The summed E-state index contributed by atoms with van der Waals surface area (Å²) < 4.78 is 39.3. The molecule has 1 spiro atoms. The highest BCUT2D eigenvalue weighted by molar-refractivity contribution is 7.99. The molecule has 1 aromatic rings. The van der Waals surface area contributed by atoms with E-state index in [1.54, 1.807) is 37.4 Å². The SMILES string of the molecule is CC[C@H]1C[C@@]1(NC(=O)[C@@H]1CC2CN1C(=O)[C@H](C(C)(C)C)NC(=O)OCC1(C/C=C/CSc3cccc4c3CN(C4)C(=O)O2)CC1)C(=O)NS(=O)(=O)C1CC1. The van der Waals surface area contributed by atoms with Crippen LogP contribution < -0.4 is 15.4 Å². The smallest absolute Gasteiger partial charge is 0.410 e. The summed E-state index contributed by atoms with van der Waals surface area (Å²) >= 11 is 1.69. The first-order valence-electron chi connectivity index (χ1n) is 19.0. The van der Waals surface area contributed by atoms with Crippen molar-refractivity contribution in [3.05, 3.63) is 41.5 Å². The lowest BCUT2D eigenvalue weighted by atomic mass is 9.85. The van der Waals surface area contributed by atoms with Crippen molar-refractivity contribution in [1.29, 1.82) is 0 Å². The van der Waals surface area contributed by atoms with Gasteiger partial charge in [-0.15, -0.1) is 11.8 Å². The van der Waals surface area contributed by atoms with E-state index in [-0.39, 0.29) is 37.3 Å². The number of cyclic esters (lactones) is 1. The summed E-state index contributed by atoms with van der Waals surface area (Å²) in [5.41, 5.74) is -0.333. The van der Waals surface area contributed by atoms with Gasteiger partial charge in [-0.05, 0) is 67.1 Å². The molecule has 4 fully saturated rings. The number of benzene rings is 1. The van der Waals surface area contributed by atoms with Crippen LogP contribution in [0.2, 0.25) is 0 Å². The van der Waals surface area contributed by atoms with Crippen LogP contribution in [0.25, 0.3) is 0 Å². The van der Waals surface area contributed by atoms with E-state index in [0.717, 1.165) is 41.0 Å². The van der Waals surface area contributed by atoms with Crippen molar-refractivity contribution < 1.29 is 41.9 Å². The maximum absolute atomic E-state index is 14.5. The molecule has 7 rings (SSSR count). The second-order valence-corrected chi connectivity index (χ2v) is 20.0. The number of amides is 5. The first-order chi connectivity index (χ1) is 25.5. The van der Waals surface area contributed by atoms with E-state index in [9.17, 15) is 32.4 Å². The number of rotatable bonds is 6. The number of carbonyl (C=O) groups is 5. The van der Waals surface area contributed by atoms with Crippen LogP contribution in [0.1, 0.15) is 90.2 Å². The number of nitrogens with zero attached hydrogens (tertiary/aromatic N) is 2. The van der Waals surface area contributed by atoms with Gasteiger partial charge in [0.25, 0.3) is 5.91 Å². The maximum Gasteiger partial charge on any atom is 0.410 e. The van der Waals surface area contributed by atoms with E-state index in [0.29, 0.717) is 32.4 Å². The van der Waals surface area contributed by atoms with E-state index in [4.69, 9.17) is 9.47 Å². The maximum atomic E-state index is 14.5. The number of carbonyl (C=O) groups excluding carboxylic acids is 5. The molecule has 3 aliphatic carbocycles. The zero-order chi connectivity index (χ0) is 38.6. The largest absolute Gasteiger partial charge is 0.449 e. The Kier molecular flexibility index (Phi) is 10.2. The lowest BCUT2D eigenvalue weighted by Crippen LogP contribution is -2.60. The molecule has 1 unspecified atom stereocenters. The summed E-state index contributed by atoms with van der Waals surface area (Å²) in [6.45, 7) is 8.02. The van der Waals surface area contributed by atoms with Gasteiger partial charge in [-0.3, -0.25) is 24.0 Å². The van der Waals surface area contributed by atoms with Crippen molar-refractivity contribution >= 4 is 51.7 Å². The molecule has 14 nitrogen and oxygen atoms in total. The minimum Gasteiger partial charge on any atom is -0.449 e. The van der Waals surface area contributed by atoms with Crippen molar-refractivity contribution in [2.75, 3.05) is 18.9 Å². The fraction of sp³-hybridized carbons (Fsp3) is 0.658. The number of alkyl carbamates (subject to hydrolysis) is 1. The van der Waals surface area contributed by atoms with Crippen molar-refractivity contribution in [3.8, 4) is 0 Å². The minimum absolute atomic E-state index is 0.0593. The third-order valence-electron chi connectivity index (χ3n) is 11.8. The number of allylic oxidation sites excluding steroid dienone is 1. The highest BCUT2D eigenvalue weighted by atomic mass is 32.2. The van der Waals surface area contributed by atoms with Gasteiger partial charge in [-0.25, -0.2) is 18.0 Å². The Balaban J connectivity index is 1.16. The predicted molar refractivity (Wildman–Crippen MR) is 199 cm³/mol. The summed E-state index contributed by atoms with van der Waals surface area (Å²) in [5.74, 6) is -1.59. The number of fused-ring (bicyclic) bond motifs is 3. The molecule has 3 N–H and O–H groups in total. The second kappa shape index (κ2) is 14.4. The first-order valence-corrected chi connectivity index (χ1v) is 21.5. The standard InChI is InChI=1S/C38H51N5O9S2/c1-5-24-18-38(24,33(46)41-54(49,50)26-11-12-26)40-31(44)28-17-25-20-43(28)32(45)30(36(2,3)4)39-34(47)51-22-37(14-15-37)13-6-7-16-53-29-10-8-9-23-19-42(21-27(23)29)35(48)52-25/h6-10,24-26,28,30H,5,11-22H2,1-4H3,(H,39,47)(H,40,44)(H,41,46)/b7-6+/t24-,25?,28-,30+,38-/m0/s1. The van der Waals surface area contributed by atoms with Gasteiger partial charge in [0.1, 0.15) is 23.7 Å². The van der Waals surface area contributed by atoms with Gasteiger partial charge in [0.2, 0.25) is 21.8 Å². The molecular formula is C38H51N5O9S2. The molecule has 0 radical (unpaired) electrons. The number of hydrogen-bond donors (Lipinski definition) is 3. The molecule has 0 aromatic heterocycles. The number of sulfonamides is 1. The highest BCUT2D eigenvalue weighted by Gasteiger charge is 2.62. The van der Waals surface area contributed by atoms with Crippen molar-refractivity contribution in [2.45, 2.75) is 126 Å². The Morgan fingerprint density at radius 3 is 2.52 bits per heavy atom. The Morgan fingerprint density at radius 1 is 1.09 bits per heavy atom. The molecular weight excluding hydrogens is 735 g/mol. The van der Waals surface area contributed by atoms with Gasteiger partial charge in [0.15, 0.2) is 0 Å². The van der Waals surface area contributed by atoms with Gasteiger partial charge in [-0.2, -0.15) is 0 Å². The normalized spacial score (nSPS) is 30.4. The summed E-state index contributed by atoms with van der Waals surface area (Å²) in [6.07, 6.45) is 6.28. The summed E-state index contributed by atoms with van der Waals surface area (Å²) in [6, 6.07) is 3.72. The zero-order valence-electron chi connectivity index (χ0n) is 31.4. The van der Waals surface area contributed by atoms with Crippen molar-refractivity contribution in [3.63, 3.8) is 0 Å². The minimum atomic E-state index is -3.88. The summed E-state index contributed by atoms with van der Waals surface area (Å²) in [5, 5.41) is 4.97. The van der Waals surface area contributed by atoms with Gasteiger partial charge in [-0.1, -0.05) is 58.4 Å². The quantitative estimate of drug-likeness (QED) is 0.357. The Bertz CT molecular complexity index is 1850. The molecule has 3 aliphatic heterocycles. The summed E-state index contributed by atoms with van der Waals surface area (Å²) in [7, 11) is -3.88. The van der Waals surface area contributed by atoms with Gasteiger partial charge in [0.05, 0.1) is 24.9 Å². The lowest BCUT2D eigenvalue weighted by Gasteiger charge is -2.35. The molecule has 16 heteroatoms. The molecule has 4 bridgehead atoms. The van der Waals surface area contributed by atoms with Crippen LogP contribution in [0.4, 0.5) is 9.59 Å². The molecule has 294 valence electrons. The van der Waals surface area contributed by atoms with Crippen LogP contribution in [0, 0.1) is 16.7 Å². The van der Waals surface area contributed by atoms with Crippen LogP contribution in [0.5, 0.6) is 0 Å². The Labute approximate surface area is 320 Å². The fourth-order valence-corrected chi connectivity index (χ4v) is 10.2. The average molecular weight is 786 g/mol. The zero-order valence-corrected chi connectivity index (χ0v) is 33.0. The van der Waals surface area contributed by atoms with E-state index in [1.165, 1.54) is 4.90 Å². The van der Waals surface area contributed by atoms with Gasteiger partial charge < -0.3 is 25.0 Å². The number of nitrogens with one attached hydrogen (secondary N) is 3. The second-order valence-electron chi connectivity index (χ2n) is 16.9. The third kappa shape index (κ3) is 7.96. The van der Waals surface area contributed by atoms with Crippen LogP contribution in [-0.2, 0) is 47.0 Å². The summed E-state index contributed by atoms with van der Waals surface area (Å²) in [4.78, 5) is 73.3. The van der Waals surface area contributed by atoms with Crippen LogP contribution >= 0.6 is 11.8 Å². The number of thioether (sulfide) groups is 1. The van der Waals surface area contributed by atoms with Gasteiger partial charge >= 0.3 is 12.2 Å².